The Morgan fingerprint density at radius 3 is 2.78 bits per heavy atom. The highest BCUT2D eigenvalue weighted by Gasteiger charge is 2.34. The van der Waals surface area contributed by atoms with Crippen LogP contribution in [0.15, 0.2) is 0 Å². The van der Waals surface area contributed by atoms with Crippen molar-refractivity contribution in [2.24, 2.45) is 7.05 Å². The summed E-state index contributed by atoms with van der Waals surface area (Å²) in [6, 6.07) is 0.389. The SMILES string of the molecule is CCc1nn(C)c2c1nc(N)n2C1CC(OC)C1. The summed E-state index contributed by atoms with van der Waals surface area (Å²) >= 11 is 0. The lowest BCUT2D eigenvalue weighted by molar-refractivity contribution is 0.00770. The Balaban J connectivity index is 2.06. The number of ether oxygens (including phenoxy) is 1. The average molecular weight is 249 g/mol. The highest BCUT2D eigenvalue weighted by Crippen LogP contribution is 2.38. The zero-order valence-corrected chi connectivity index (χ0v) is 11.1. The van der Waals surface area contributed by atoms with Crippen molar-refractivity contribution in [3.63, 3.8) is 0 Å². The van der Waals surface area contributed by atoms with Crippen molar-refractivity contribution < 1.29 is 4.74 Å². The molecule has 1 saturated carbocycles. The van der Waals surface area contributed by atoms with Gasteiger partial charge in [0, 0.05) is 20.2 Å². The maximum absolute atomic E-state index is 6.06. The van der Waals surface area contributed by atoms with Crippen LogP contribution in [0, 0.1) is 0 Å². The van der Waals surface area contributed by atoms with E-state index in [0.29, 0.717) is 18.1 Å². The fourth-order valence-electron chi connectivity index (χ4n) is 2.76. The zero-order chi connectivity index (χ0) is 12.9. The maximum Gasteiger partial charge on any atom is 0.202 e. The second-order valence-electron chi connectivity index (χ2n) is 4.92. The lowest BCUT2D eigenvalue weighted by atomic mass is 9.89. The maximum atomic E-state index is 6.06. The van der Waals surface area contributed by atoms with Crippen molar-refractivity contribution in [2.75, 3.05) is 12.8 Å². The molecule has 0 aromatic carbocycles. The van der Waals surface area contributed by atoms with Crippen molar-refractivity contribution in [3.05, 3.63) is 5.69 Å². The van der Waals surface area contributed by atoms with E-state index in [1.165, 1.54) is 0 Å². The molecule has 0 aliphatic heterocycles. The molecule has 0 saturated heterocycles. The minimum atomic E-state index is 0.353. The van der Waals surface area contributed by atoms with Gasteiger partial charge < -0.3 is 10.5 Å². The summed E-state index contributed by atoms with van der Waals surface area (Å²) in [4.78, 5) is 4.48. The number of nitrogen functional groups attached to an aromatic ring is 1. The number of methoxy groups -OCH3 is 1. The summed E-state index contributed by atoms with van der Waals surface area (Å²) in [6.45, 7) is 2.08. The Hall–Kier alpha value is -1.56. The molecule has 0 spiro atoms. The van der Waals surface area contributed by atoms with Crippen LogP contribution in [0.3, 0.4) is 0 Å². The van der Waals surface area contributed by atoms with Crippen LogP contribution in [0.4, 0.5) is 5.95 Å². The number of hydrogen-bond donors (Lipinski definition) is 1. The number of nitrogens with zero attached hydrogens (tertiary/aromatic N) is 4. The fourth-order valence-corrected chi connectivity index (χ4v) is 2.76. The molecular weight excluding hydrogens is 230 g/mol. The predicted molar refractivity (Wildman–Crippen MR) is 69.4 cm³/mol. The van der Waals surface area contributed by atoms with Crippen LogP contribution in [0.2, 0.25) is 0 Å². The number of nitrogens with two attached hydrogens (primary N) is 1. The quantitative estimate of drug-likeness (QED) is 0.889. The van der Waals surface area contributed by atoms with Gasteiger partial charge in [-0.1, -0.05) is 6.92 Å². The number of rotatable bonds is 3. The van der Waals surface area contributed by atoms with E-state index in [1.54, 1.807) is 7.11 Å². The molecule has 98 valence electrons. The van der Waals surface area contributed by atoms with E-state index in [4.69, 9.17) is 10.5 Å². The first-order valence-electron chi connectivity index (χ1n) is 6.37. The number of anilines is 1. The number of aryl methyl sites for hydroxylation is 2. The first-order valence-corrected chi connectivity index (χ1v) is 6.37. The predicted octanol–water partition coefficient (Wildman–Crippen LogP) is 1.26. The Morgan fingerprint density at radius 2 is 2.17 bits per heavy atom. The van der Waals surface area contributed by atoms with Gasteiger partial charge >= 0.3 is 0 Å². The summed E-state index contributed by atoms with van der Waals surface area (Å²) in [7, 11) is 3.71. The topological polar surface area (TPSA) is 70.9 Å². The van der Waals surface area contributed by atoms with E-state index in [-0.39, 0.29) is 0 Å². The third-order valence-electron chi connectivity index (χ3n) is 3.87. The van der Waals surface area contributed by atoms with E-state index in [1.807, 2.05) is 11.7 Å². The van der Waals surface area contributed by atoms with Gasteiger partial charge in [-0.2, -0.15) is 5.10 Å². The third-order valence-corrected chi connectivity index (χ3v) is 3.87. The molecule has 2 N–H and O–H groups in total. The highest BCUT2D eigenvalue weighted by molar-refractivity contribution is 5.78. The number of aromatic nitrogens is 4. The van der Waals surface area contributed by atoms with Crippen LogP contribution < -0.4 is 5.73 Å². The van der Waals surface area contributed by atoms with E-state index < -0.39 is 0 Å². The molecule has 18 heavy (non-hydrogen) atoms. The van der Waals surface area contributed by atoms with Crippen molar-refractivity contribution in [1.82, 2.24) is 19.3 Å². The molecule has 0 bridgehead atoms. The third kappa shape index (κ3) is 1.45. The molecular formula is C12H19N5O. The summed E-state index contributed by atoms with van der Waals surface area (Å²) in [6.07, 6.45) is 3.22. The molecule has 0 amide bonds. The molecule has 1 aliphatic carbocycles. The van der Waals surface area contributed by atoms with Gasteiger partial charge in [0.25, 0.3) is 0 Å². The van der Waals surface area contributed by atoms with Gasteiger partial charge in [0.05, 0.1) is 11.8 Å². The summed E-state index contributed by atoms with van der Waals surface area (Å²) in [5, 5.41) is 4.50. The van der Waals surface area contributed by atoms with Crippen LogP contribution in [-0.4, -0.2) is 32.5 Å². The normalized spacial score (nSPS) is 23.5. The Labute approximate surface area is 106 Å². The first kappa shape index (κ1) is 11.5. The fraction of sp³-hybridized carbons (Fsp3) is 0.667. The monoisotopic (exact) mass is 249 g/mol. The number of imidazole rings is 1. The lowest BCUT2D eigenvalue weighted by Crippen LogP contribution is -2.33. The van der Waals surface area contributed by atoms with Gasteiger partial charge in [0.1, 0.15) is 5.52 Å². The highest BCUT2D eigenvalue weighted by atomic mass is 16.5. The molecule has 1 aliphatic rings. The molecule has 3 rings (SSSR count). The Morgan fingerprint density at radius 1 is 1.44 bits per heavy atom. The van der Waals surface area contributed by atoms with Crippen LogP contribution in [0.1, 0.15) is 31.5 Å². The van der Waals surface area contributed by atoms with Crippen LogP contribution >= 0.6 is 0 Å². The summed E-state index contributed by atoms with van der Waals surface area (Å²) in [5.74, 6) is 0.590. The molecule has 2 aromatic heterocycles. The molecule has 6 nitrogen and oxygen atoms in total. The van der Waals surface area contributed by atoms with E-state index in [2.05, 4.69) is 21.6 Å². The zero-order valence-electron chi connectivity index (χ0n) is 11.1. The van der Waals surface area contributed by atoms with Crippen LogP contribution in [0.25, 0.3) is 11.2 Å². The number of hydrogen-bond acceptors (Lipinski definition) is 4. The van der Waals surface area contributed by atoms with Gasteiger partial charge in [-0.05, 0) is 19.3 Å². The van der Waals surface area contributed by atoms with E-state index in [0.717, 1.165) is 36.1 Å². The van der Waals surface area contributed by atoms with Crippen molar-refractivity contribution in [3.8, 4) is 0 Å². The van der Waals surface area contributed by atoms with Gasteiger partial charge in [0.2, 0.25) is 5.95 Å². The van der Waals surface area contributed by atoms with Crippen molar-refractivity contribution >= 4 is 17.1 Å². The van der Waals surface area contributed by atoms with Crippen molar-refractivity contribution in [1.29, 1.82) is 0 Å². The van der Waals surface area contributed by atoms with Gasteiger partial charge in [-0.25, -0.2) is 4.98 Å². The lowest BCUT2D eigenvalue weighted by Gasteiger charge is -2.35. The van der Waals surface area contributed by atoms with Gasteiger partial charge in [-0.3, -0.25) is 9.25 Å². The molecule has 1 fully saturated rings. The molecule has 0 radical (unpaired) electrons. The minimum Gasteiger partial charge on any atom is -0.381 e. The molecule has 2 aromatic rings. The summed E-state index contributed by atoms with van der Waals surface area (Å²) in [5.41, 5.74) is 9.05. The van der Waals surface area contributed by atoms with Crippen molar-refractivity contribution in [2.45, 2.75) is 38.3 Å². The van der Waals surface area contributed by atoms with E-state index >= 15 is 0 Å². The smallest absolute Gasteiger partial charge is 0.202 e. The second kappa shape index (κ2) is 3.98. The van der Waals surface area contributed by atoms with Gasteiger partial charge in [-0.15, -0.1) is 0 Å². The summed E-state index contributed by atoms with van der Waals surface area (Å²) < 4.78 is 9.32. The molecule has 0 atom stereocenters. The second-order valence-corrected chi connectivity index (χ2v) is 4.92. The number of fused-ring (bicyclic) bond motifs is 1. The van der Waals surface area contributed by atoms with E-state index in [9.17, 15) is 0 Å². The Bertz CT molecular complexity index is 579. The van der Waals surface area contributed by atoms with Gasteiger partial charge in [0.15, 0.2) is 5.65 Å². The Kier molecular flexibility index (Phi) is 2.55. The minimum absolute atomic E-state index is 0.353. The molecule has 0 unspecified atom stereocenters. The molecule has 2 heterocycles. The largest absolute Gasteiger partial charge is 0.381 e. The standard InChI is InChI=1S/C12H19N5O/c1-4-9-10-11(16(2)15-9)17(12(13)14-10)7-5-8(6-7)18-3/h7-8H,4-6H2,1-3H3,(H2,13,14). The van der Waals surface area contributed by atoms with Crippen LogP contribution in [-0.2, 0) is 18.2 Å². The first-order chi connectivity index (χ1) is 8.65. The average Bonchev–Trinajstić information content (AvgIpc) is 2.77. The molecule has 6 heteroatoms. The van der Waals surface area contributed by atoms with Crippen LogP contribution in [0.5, 0.6) is 0 Å².